The average Bonchev–Trinajstić information content (AvgIpc) is 3.25. The van der Waals surface area contributed by atoms with Crippen LogP contribution in [0, 0.1) is 23.1 Å². The summed E-state index contributed by atoms with van der Waals surface area (Å²) in [6, 6.07) is 8.10. The topological polar surface area (TPSA) is 75.2 Å². The molecule has 2 heterocycles. The molecule has 0 N–H and O–H groups in total. The quantitative estimate of drug-likeness (QED) is 0.777. The predicted octanol–water partition coefficient (Wildman–Crippen LogP) is 2.63. The van der Waals surface area contributed by atoms with E-state index in [-0.39, 0.29) is 5.82 Å². The molecule has 7 heteroatoms. The van der Waals surface area contributed by atoms with E-state index in [0.29, 0.717) is 42.8 Å². The van der Waals surface area contributed by atoms with E-state index >= 15 is 0 Å². The zero-order valence-electron chi connectivity index (χ0n) is 13.3. The third-order valence-electron chi connectivity index (χ3n) is 4.00. The van der Waals surface area contributed by atoms with Crippen molar-refractivity contribution in [1.29, 1.82) is 5.26 Å². The number of ether oxygens (including phenoxy) is 1. The van der Waals surface area contributed by atoms with Crippen molar-refractivity contribution >= 4 is 0 Å². The molecule has 6 nitrogen and oxygen atoms in total. The van der Waals surface area contributed by atoms with Crippen molar-refractivity contribution in [3.05, 3.63) is 36.0 Å². The second kappa shape index (κ2) is 7.99. The molecule has 126 valence electrons. The molecule has 1 saturated heterocycles. The molecule has 1 fully saturated rings. The number of hydrogen-bond donors (Lipinski definition) is 0. The lowest BCUT2D eigenvalue weighted by Gasteiger charge is -2.22. The van der Waals surface area contributed by atoms with Gasteiger partial charge >= 0.3 is 0 Å². The monoisotopic (exact) mass is 330 g/mol. The summed E-state index contributed by atoms with van der Waals surface area (Å²) in [6.07, 6.45) is 1.49. The number of benzene rings is 1. The third-order valence-corrected chi connectivity index (χ3v) is 4.00. The van der Waals surface area contributed by atoms with Gasteiger partial charge in [-0.1, -0.05) is 0 Å². The van der Waals surface area contributed by atoms with Crippen molar-refractivity contribution in [3.8, 4) is 17.5 Å². The van der Waals surface area contributed by atoms with Gasteiger partial charge in [0.2, 0.25) is 11.8 Å². The van der Waals surface area contributed by atoms with Crippen LogP contribution < -0.4 is 0 Å². The molecule has 0 spiro atoms. The molecule has 1 unspecified atom stereocenters. The molecular weight excluding hydrogens is 311 g/mol. The van der Waals surface area contributed by atoms with Crippen LogP contribution in [0.25, 0.3) is 11.5 Å². The number of hydrogen-bond acceptors (Lipinski definition) is 6. The number of aromatic nitrogens is 2. The molecule has 2 aromatic rings. The first-order valence-electron chi connectivity index (χ1n) is 8.00. The lowest BCUT2D eigenvalue weighted by molar-refractivity contribution is 0.161. The van der Waals surface area contributed by atoms with Gasteiger partial charge in [0.05, 0.1) is 19.2 Å². The molecule has 1 aliphatic heterocycles. The SMILES string of the molecule is N#CCCN(Cc1nnc(-c2ccc(F)cc2)o1)CC1CCOC1. The van der Waals surface area contributed by atoms with Gasteiger partial charge in [-0.2, -0.15) is 5.26 Å². The second-order valence-corrected chi connectivity index (χ2v) is 5.88. The lowest BCUT2D eigenvalue weighted by atomic mass is 10.1. The van der Waals surface area contributed by atoms with Crippen LogP contribution in [0.1, 0.15) is 18.7 Å². The number of nitriles is 1. The third kappa shape index (κ3) is 4.37. The molecule has 0 radical (unpaired) electrons. The molecule has 1 atom stereocenters. The Morgan fingerprint density at radius 3 is 2.83 bits per heavy atom. The number of halogens is 1. The molecule has 0 amide bonds. The molecule has 0 bridgehead atoms. The van der Waals surface area contributed by atoms with Crippen LogP contribution in [0.3, 0.4) is 0 Å². The van der Waals surface area contributed by atoms with E-state index in [2.05, 4.69) is 21.2 Å². The molecule has 24 heavy (non-hydrogen) atoms. The zero-order valence-corrected chi connectivity index (χ0v) is 13.3. The zero-order chi connectivity index (χ0) is 16.8. The van der Waals surface area contributed by atoms with Gasteiger partial charge in [-0.3, -0.25) is 4.90 Å². The fraction of sp³-hybridized carbons (Fsp3) is 0.471. The van der Waals surface area contributed by atoms with E-state index in [1.54, 1.807) is 12.1 Å². The fourth-order valence-corrected chi connectivity index (χ4v) is 2.75. The van der Waals surface area contributed by atoms with Crippen molar-refractivity contribution in [2.75, 3.05) is 26.3 Å². The van der Waals surface area contributed by atoms with Crippen molar-refractivity contribution in [2.24, 2.45) is 5.92 Å². The Kier molecular flexibility index (Phi) is 5.51. The van der Waals surface area contributed by atoms with E-state index in [0.717, 1.165) is 26.2 Å². The minimum atomic E-state index is -0.306. The molecule has 1 aromatic carbocycles. The maximum atomic E-state index is 13.0. The summed E-state index contributed by atoms with van der Waals surface area (Å²) in [5, 5.41) is 16.9. The summed E-state index contributed by atoms with van der Waals surface area (Å²) in [5.41, 5.74) is 0.683. The molecule has 3 rings (SSSR count). The number of rotatable bonds is 7. The van der Waals surface area contributed by atoms with Gasteiger partial charge in [0.1, 0.15) is 5.82 Å². The highest BCUT2D eigenvalue weighted by molar-refractivity contribution is 5.51. The predicted molar refractivity (Wildman–Crippen MR) is 84.1 cm³/mol. The van der Waals surface area contributed by atoms with Crippen LogP contribution >= 0.6 is 0 Å². The minimum Gasteiger partial charge on any atom is -0.419 e. The van der Waals surface area contributed by atoms with E-state index in [1.165, 1.54) is 12.1 Å². The summed E-state index contributed by atoms with van der Waals surface area (Å²) in [6.45, 7) is 3.54. The maximum absolute atomic E-state index is 13.0. The van der Waals surface area contributed by atoms with E-state index in [9.17, 15) is 4.39 Å². The van der Waals surface area contributed by atoms with Crippen LogP contribution in [0.5, 0.6) is 0 Å². The van der Waals surface area contributed by atoms with Crippen molar-refractivity contribution < 1.29 is 13.5 Å². The van der Waals surface area contributed by atoms with Crippen LogP contribution in [0.4, 0.5) is 4.39 Å². The second-order valence-electron chi connectivity index (χ2n) is 5.88. The Morgan fingerprint density at radius 2 is 2.12 bits per heavy atom. The van der Waals surface area contributed by atoms with Gasteiger partial charge in [0.15, 0.2) is 0 Å². The Hall–Kier alpha value is -2.30. The van der Waals surface area contributed by atoms with Crippen molar-refractivity contribution in [2.45, 2.75) is 19.4 Å². The Balaban J connectivity index is 1.65. The van der Waals surface area contributed by atoms with E-state index in [1.807, 2.05) is 0 Å². The smallest absolute Gasteiger partial charge is 0.247 e. The van der Waals surface area contributed by atoms with Gasteiger partial charge in [-0.15, -0.1) is 10.2 Å². The van der Waals surface area contributed by atoms with Gasteiger partial charge < -0.3 is 9.15 Å². The molecule has 0 aliphatic carbocycles. The molecule has 0 saturated carbocycles. The Morgan fingerprint density at radius 1 is 1.29 bits per heavy atom. The number of nitrogens with zero attached hydrogens (tertiary/aromatic N) is 4. The highest BCUT2D eigenvalue weighted by Gasteiger charge is 2.21. The Labute approximate surface area is 139 Å². The van der Waals surface area contributed by atoms with Gasteiger partial charge in [-0.05, 0) is 36.6 Å². The summed E-state index contributed by atoms with van der Waals surface area (Å²) in [4.78, 5) is 2.14. The standard InChI is InChI=1S/C17H19FN4O2/c18-15-4-2-14(3-5-15)17-21-20-16(24-17)11-22(8-1-7-19)10-13-6-9-23-12-13/h2-5,13H,1,6,8-12H2. The largest absolute Gasteiger partial charge is 0.419 e. The highest BCUT2D eigenvalue weighted by Crippen LogP contribution is 2.20. The lowest BCUT2D eigenvalue weighted by Crippen LogP contribution is -2.30. The van der Waals surface area contributed by atoms with E-state index in [4.69, 9.17) is 14.4 Å². The first kappa shape index (κ1) is 16.6. The maximum Gasteiger partial charge on any atom is 0.247 e. The summed E-state index contributed by atoms with van der Waals surface area (Å²) >= 11 is 0. The molecular formula is C17H19FN4O2. The van der Waals surface area contributed by atoms with Gasteiger partial charge in [0.25, 0.3) is 0 Å². The van der Waals surface area contributed by atoms with Crippen LogP contribution in [-0.4, -0.2) is 41.4 Å². The molecule has 1 aromatic heterocycles. The van der Waals surface area contributed by atoms with E-state index < -0.39 is 0 Å². The van der Waals surface area contributed by atoms with Crippen LogP contribution in [0.2, 0.25) is 0 Å². The Bertz CT molecular complexity index is 689. The fourth-order valence-electron chi connectivity index (χ4n) is 2.75. The minimum absolute atomic E-state index is 0.306. The summed E-state index contributed by atoms with van der Waals surface area (Å²) < 4.78 is 24.1. The highest BCUT2D eigenvalue weighted by atomic mass is 19.1. The van der Waals surface area contributed by atoms with Gasteiger partial charge in [-0.25, -0.2) is 4.39 Å². The molecule has 1 aliphatic rings. The van der Waals surface area contributed by atoms with Crippen molar-refractivity contribution in [3.63, 3.8) is 0 Å². The van der Waals surface area contributed by atoms with Crippen LogP contribution in [0.15, 0.2) is 28.7 Å². The normalized spacial score (nSPS) is 17.3. The summed E-state index contributed by atoms with van der Waals surface area (Å²) in [5.74, 6) is 1.03. The van der Waals surface area contributed by atoms with Crippen molar-refractivity contribution in [1.82, 2.24) is 15.1 Å². The summed E-state index contributed by atoms with van der Waals surface area (Å²) in [7, 11) is 0. The van der Waals surface area contributed by atoms with Crippen LogP contribution in [-0.2, 0) is 11.3 Å². The van der Waals surface area contributed by atoms with Gasteiger partial charge in [0, 0.05) is 31.7 Å². The first-order chi connectivity index (χ1) is 11.7. The first-order valence-corrected chi connectivity index (χ1v) is 8.00. The average molecular weight is 330 g/mol.